The van der Waals surface area contributed by atoms with Gasteiger partial charge in [0.15, 0.2) is 6.61 Å². The first-order valence-corrected chi connectivity index (χ1v) is 9.41. The maximum Gasteiger partial charge on any atom is 0.340 e. The zero-order valence-electron chi connectivity index (χ0n) is 15.5. The number of esters is 1. The lowest BCUT2D eigenvalue weighted by Crippen LogP contribution is -2.15. The second-order valence-electron chi connectivity index (χ2n) is 6.15. The van der Waals surface area contributed by atoms with Crippen LogP contribution in [-0.2, 0) is 11.3 Å². The first-order valence-electron chi connectivity index (χ1n) is 8.53. The van der Waals surface area contributed by atoms with E-state index < -0.39 is 5.97 Å². The molecule has 0 atom stereocenters. The van der Waals surface area contributed by atoms with Gasteiger partial charge in [0.1, 0.15) is 5.75 Å². The van der Waals surface area contributed by atoms with Crippen LogP contribution in [0, 0.1) is 13.8 Å². The van der Waals surface area contributed by atoms with Crippen molar-refractivity contribution in [2.45, 2.75) is 20.4 Å². The summed E-state index contributed by atoms with van der Waals surface area (Å²) in [6, 6.07) is 12.8. The lowest BCUT2D eigenvalue weighted by atomic mass is 10.1. The predicted octanol–water partition coefficient (Wildman–Crippen LogP) is 4.26. The van der Waals surface area contributed by atoms with Crippen LogP contribution in [0.2, 0.25) is 0 Å². The predicted molar refractivity (Wildman–Crippen MR) is 105 cm³/mol. The van der Waals surface area contributed by atoms with Crippen molar-refractivity contribution in [1.29, 1.82) is 0 Å². The molecule has 0 aliphatic carbocycles. The summed E-state index contributed by atoms with van der Waals surface area (Å²) in [5, 5.41) is 2.03. The van der Waals surface area contributed by atoms with Crippen molar-refractivity contribution in [1.82, 2.24) is 4.57 Å². The molecule has 140 valence electrons. The van der Waals surface area contributed by atoms with Crippen LogP contribution in [0.1, 0.15) is 37.0 Å². The minimum Gasteiger partial charge on any atom is -0.496 e. The number of aromatic nitrogens is 1. The van der Waals surface area contributed by atoms with Gasteiger partial charge < -0.3 is 14.0 Å². The second-order valence-corrected chi connectivity index (χ2v) is 7.18. The highest BCUT2D eigenvalue weighted by atomic mass is 32.1. The molecule has 0 fully saturated rings. The molecule has 0 radical (unpaired) electrons. The van der Waals surface area contributed by atoms with Crippen LogP contribution in [0.5, 0.6) is 5.75 Å². The molecular formula is C21H21NO4S. The highest BCUT2D eigenvalue weighted by Crippen LogP contribution is 2.21. The third-order valence-corrected chi connectivity index (χ3v) is 5.29. The third-order valence-electron chi connectivity index (χ3n) is 4.43. The van der Waals surface area contributed by atoms with Crippen LogP contribution in [0.25, 0.3) is 0 Å². The Morgan fingerprint density at radius 1 is 1.07 bits per heavy atom. The topological polar surface area (TPSA) is 57.5 Å². The Hall–Kier alpha value is -2.86. The fourth-order valence-electron chi connectivity index (χ4n) is 2.97. The third kappa shape index (κ3) is 4.11. The van der Waals surface area contributed by atoms with Crippen LogP contribution in [0.4, 0.5) is 0 Å². The molecule has 0 amide bonds. The number of benzene rings is 1. The van der Waals surface area contributed by atoms with Gasteiger partial charge in [-0.05, 0) is 43.5 Å². The van der Waals surface area contributed by atoms with E-state index in [9.17, 15) is 9.59 Å². The smallest absolute Gasteiger partial charge is 0.340 e. The van der Waals surface area contributed by atoms with Gasteiger partial charge in [0.05, 0.1) is 24.8 Å². The first kappa shape index (κ1) is 18.9. The van der Waals surface area contributed by atoms with Gasteiger partial charge in [0, 0.05) is 16.3 Å². The van der Waals surface area contributed by atoms with Crippen LogP contribution < -0.4 is 4.74 Å². The number of hydrogen-bond acceptors (Lipinski definition) is 5. The van der Waals surface area contributed by atoms with Gasteiger partial charge in [-0.1, -0.05) is 18.2 Å². The lowest BCUT2D eigenvalue weighted by Gasteiger charge is -2.09. The normalized spacial score (nSPS) is 10.6. The molecule has 0 aliphatic rings. The van der Waals surface area contributed by atoms with Gasteiger partial charge >= 0.3 is 5.97 Å². The van der Waals surface area contributed by atoms with E-state index in [2.05, 4.69) is 10.6 Å². The molecule has 0 saturated heterocycles. The molecule has 0 bridgehead atoms. The summed E-state index contributed by atoms with van der Waals surface area (Å²) in [7, 11) is 1.50. The van der Waals surface area contributed by atoms with Gasteiger partial charge in [-0.2, -0.15) is 0 Å². The zero-order chi connectivity index (χ0) is 19.4. The van der Waals surface area contributed by atoms with Crippen LogP contribution in [-0.4, -0.2) is 30.0 Å². The Kier molecular flexibility index (Phi) is 5.76. The number of thiophene rings is 1. The van der Waals surface area contributed by atoms with Gasteiger partial charge in [-0.15, -0.1) is 11.3 Å². The summed E-state index contributed by atoms with van der Waals surface area (Å²) < 4.78 is 12.5. The summed E-state index contributed by atoms with van der Waals surface area (Å²) in [4.78, 5) is 26.1. The van der Waals surface area contributed by atoms with Crippen molar-refractivity contribution in [3.8, 4) is 5.75 Å². The number of carbonyl (C=O) groups excluding carboxylic acids is 2. The molecule has 2 aromatic heterocycles. The summed E-state index contributed by atoms with van der Waals surface area (Å²) in [6.07, 6.45) is 0. The highest BCUT2D eigenvalue weighted by molar-refractivity contribution is 7.09. The molecule has 0 spiro atoms. The van der Waals surface area contributed by atoms with E-state index in [-0.39, 0.29) is 12.4 Å². The molecule has 0 aliphatic heterocycles. The second kappa shape index (κ2) is 8.22. The molecule has 2 heterocycles. The van der Waals surface area contributed by atoms with E-state index in [0.29, 0.717) is 23.4 Å². The molecule has 0 unspecified atom stereocenters. The number of methoxy groups -OCH3 is 1. The molecule has 5 nitrogen and oxygen atoms in total. The number of hydrogen-bond donors (Lipinski definition) is 0. The van der Waals surface area contributed by atoms with E-state index in [4.69, 9.17) is 9.47 Å². The number of ketones is 1. The summed E-state index contributed by atoms with van der Waals surface area (Å²) in [5.41, 5.74) is 2.69. The Morgan fingerprint density at radius 2 is 1.85 bits per heavy atom. The fraction of sp³-hybridized carbons (Fsp3) is 0.238. The lowest BCUT2D eigenvalue weighted by molar-refractivity contribution is 0.0473. The van der Waals surface area contributed by atoms with Crippen molar-refractivity contribution in [2.75, 3.05) is 13.7 Å². The van der Waals surface area contributed by atoms with E-state index in [1.807, 2.05) is 25.3 Å². The summed E-state index contributed by atoms with van der Waals surface area (Å²) in [6.45, 7) is 4.23. The maximum atomic E-state index is 12.5. The molecule has 27 heavy (non-hydrogen) atoms. The standard InChI is InChI=1S/C21H21NO4S/c1-14-11-18(15(2)22(14)12-16-7-6-10-27-16)21(24)26-13-19(23)17-8-4-5-9-20(17)25-3/h4-11H,12-13H2,1-3H3. The molecule has 1 aromatic carbocycles. The fourth-order valence-corrected chi connectivity index (χ4v) is 3.66. The Morgan fingerprint density at radius 3 is 2.56 bits per heavy atom. The molecule has 0 saturated carbocycles. The van der Waals surface area contributed by atoms with E-state index in [0.717, 1.165) is 11.4 Å². The number of aryl methyl sites for hydroxylation is 1. The molecule has 3 aromatic rings. The number of nitrogens with zero attached hydrogens (tertiary/aromatic N) is 1. The monoisotopic (exact) mass is 383 g/mol. The van der Waals surface area contributed by atoms with Crippen molar-refractivity contribution in [3.05, 3.63) is 75.2 Å². The van der Waals surface area contributed by atoms with Crippen molar-refractivity contribution in [3.63, 3.8) is 0 Å². The van der Waals surface area contributed by atoms with Gasteiger partial charge in [-0.25, -0.2) is 4.79 Å². The van der Waals surface area contributed by atoms with Crippen LogP contribution in [0.3, 0.4) is 0 Å². The minimum absolute atomic E-state index is 0.298. The van der Waals surface area contributed by atoms with Crippen molar-refractivity contribution >= 4 is 23.1 Å². The van der Waals surface area contributed by atoms with E-state index in [1.54, 1.807) is 41.7 Å². The van der Waals surface area contributed by atoms with Gasteiger partial charge in [-0.3, -0.25) is 4.79 Å². The first-order chi connectivity index (χ1) is 13.0. The molecular weight excluding hydrogens is 362 g/mol. The number of carbonyl (C=O) groups is 2. The minimum atomic E-state index is -0.497. The number of ether oxygens (including phenoxy) is 2. The molecule has 6 heteroatoms. The Bertz CT molecular complexity index is 957. The van der Waals surface area contributed by atoms with Crippen molar-refractivity contribution in [2.24, 2.45) is 0 Å². The zero-order valence-corrected chi connectivity index (χ0v) is 16.3. The number of para-hydroxylation sites is 1. The van der Waals surface area contributed by atoms with Gasteiger partial charge in [0.25, 0.3) is 0 Å². The van der Waals surface area contributed by atoms with Crippen LogP contribution in [0.15, 0.2) is 47.8 Å². The largest absolute Gasteiger partial charge is 0.496 e. The maximum absolute atomic E-state index is 12.5. The van der Waals surface area contributed by atoms with Gasteiger partial charge in [0.2, 0.25) is 5.78 Å². The average molecular weight is 383 g/mol. The molecule has 3 rings (SSSR count). The Labute approximate surface area is 162 Å². The van der Waals surface area contributed by atoms with E-state index in [1.165, 1.54) is 12.0 Å². The number of rotatable bonds is 7. The quantitative estimate of drug-likeness (QED) is 0.452. The highest BCUT2D eigenvalue weighted by Gasteiger charge is 2.19. The summed E-state index contributed by atoms with van der Waals surface area (Å²) in [5.74, 6) is -0.329. The Balaban J connectivity index is 1.70. The summed E-state index contributed by atoms with van der Waals surface area (Å²) >= 11 is 1.67. The molecule has 0 N–H and O–H groups in total. The van der Waals surface area contributed by atoms with E-state index >= 15 is 0 Å². The SMILES string of the molecule is COc1ccccc1C(=O)COC(=O)c1cc(C)n(Cc2cccs2)c1C. The van der Waals surface area contributed by atoms with Crippen molar-refractivity contribution < 1.29 is 19.1 Å². The van der Waals surface area contributed by atoms with Crippen LogP contribution >= 0.6 is 11.3 Å². The number of Topliss-reactive ketones (excluding diaryl/α,β-unsaturated/α-hetero) is 1. The average Bonchev–Trinajstić information content (AvgIpc) is 3.29.